The lowest BCUT2D eigenvalue weighted by molar-refractivity contribution is 0.212. The molecule has 1 aliphatic rings. The maximum absolute atomic E-state index is 13.3. The Morgan fingerprint density at radius 1 is 1.14 bits per heavy atom. The standard InChI is InChI=1S/C17H16FN3/c1-11(21-9-12-4-2-3-5-13(12)10-21)17-15-7-6-14(18)8-16(15)19-20-17/h2-8,11H,9-10H2,1H3,(H,19,20). The van der Waals surface area contributed by atoms with Crippen LogP contribution >= 0.6 is 0 Å². The van der Waals surface area contributed by atoms with E-state index in [1.165, 1.54) is 23.3 Å². The quantitative estimate of drug-likeness (QED) is 0.775. The molecule has 1 unspecified atom stereocenters. The molecule has 3 nitrogen and oxygen atoms in total. The van der Waals surface area contributed by atoms with Gasteiger partial charge in [0.05, 0.1) is 11.2 Å². The third kappa shape index (κ3) is 2.03. The van der Waals surface area contributed by atoms with Gasteiger partial charge in [0.15, 0.2) is 0 Å². The van der Waals surface area contributed by atoms with Crippen LogP contribution in [0.25, 0.3) is 10.9 Å². The number of fused-ring (bicyclic) bond motifs is 2. The molecule has 106 valence electrons. The van der Waals surface area contributed by atoms with Crippen LogP contribution in [0.4, 0.5) is 4.39 Å². The molecule has 4 heteroatoms. The van der Waals surface area contributed by atoms with Crippen molar-refractivity contribution in [2.75, 3.05) is 0 Å². The molecule has 4 rings (SSSR count). The third-order valence-corrected chi connectivity index (χ3v) is 4.38. The smallest absolute Gasteiger partial charge is 0.125 e. The first-order valence-corrected chi connectivity index (χ1v) is 7.17. The van der Waals surface area contributed by atoms with E-state index in [9.17, 15) is 4.39 Å². The average Bonchev–Trinajstić information content (AvgIpc) is 3.09. The van der Waals surface area contributed by atoms with Crippen molar-refractivity contribution >= 4 is 10.9 Å². The van der Waals surface area contributed by atoms with Crippen molar-refractivity contribution in [2.45, 2.75) is 26.1 Å². The number of nitrogens with one attached hydrogen (secondary N) is 1. The van der Waals surface area contributed by atoms with E-state index in [4.69, 9.17) is 0 Å². The summed E-state index contributed by atoms with van der Waals surface area (Å²) in [6.45, 7) is 4.06. The van der Waals surface area contributed by atoms with Gasteiger partial charge in [0.25, 0.3) is 0 Å². The van der Waals surface area contributed by atoms with Crippen LogP contribution in [0.3, 0.4) is 0 Å². The summed E-state index contributed by atoms with van der Waals surface area (Å²) in [6, 6.07) is 13.5. The van der Waals surface area contributed by atoms with Crippen LogP contribution in [-0.4, -0.2) is 15.1 Å². The highest BCUT2D eigenvalue weighted by molar-refractivity contribution is 5.81. The van der Waals surface area contributed by atoms with Crippen molar-refractivity contribution in [1.29, 1.82) is 0 Å². The zero-order chi connectivity index (χ0) is 14.4. The average molecular weight is 281 g/mol. The summed E-state index contributed by atoms with van der Waals surface area (Å²) in [5.41, 5.74) is 4.52. The predicted molar refractivity (Wildman–Crippen MR) is 80.2 cm³/mol. The summed E-state index contributed by atoms with van der Waals surface area (Å²) in [6.07, 6.45) is 0. The van der Waals surface area contributed by atoms with Gasteiger partial charge in [-0.3, -0.25) is 10.00 Å². The fraction of sp³-hybridized carbons (Fsp3) is 0.235. The van der Waals surface area contributed by atoms with Crippen LogP contribution in [0.2, 0.25) is 0 Å². The maximum atomic E-state index is 13.3. The Hall–Kier alpha value is -2.20. The van der Waals surface area contributed by atoms with Crippen molar-refractivity contribution in [1.82, 2.24) is 15.1 Å². The van der Waals surface area contributed by atoms with Crippen molar-refractivity contribution in [3.8, 4) is 0 Å². The van der Waals surface area contributed by atoms with Gasteiger partial charge in [-0.1, -0.05) is 24.3 Å². The van der Waals surface area contributed by atoms with Crippen molar-refractivity contribution in [2.24, 2.45) is 0 Å². The van der Waals surface area contributed by atoms with E-state index in [1.54, 1.807) is 0 Å². The molecule has 0 amide bonds. The Bertz CT molecular complexity index is 784. The molecule has 1 N–H and O–H groups in total. The first-order valence-electron chi connectivity index (χ1n) is 7.17. The van der Waals surface area contributed by atoms with Crippen LogP contribution in [0.5, 0.6) is 0 Å². The maximum Gasteiger partial charge on any atom is 0.125 e. The summed E-state index contributed by atoms with van der Waals surface area (Å²) in [5.74, 6) is -0.248. The minimum Gasteiger partial charge on any atom is -0.287 e. The van der Waals surface area contributed by atoms with Crippen molar-refractivity contribution < 1.29 is 4.39 Å². The molecule has 0 bridgehead atoms. The topological polar surface area (TPSA) is 31.9 Å². The van der Waals surface area contributed by atoms with E-state index < -0.39 is 0 Å². The molecule has 3 aromatic rings. The van der Waals surface area contributed by atoms with Crippen LogP contribution in [-0.2, 0) is 13.1 Å². The van der Waals surface area contributed by atoms with Gasteiger partial charge in [-0.25, -0.2) is 4.39 Å². The minimum atomic E-state index is -0.248. The molecule has 1 aromatic heterocycles. The third-order valence-electron chi connectivity index (χ3n) is 4.38. The molecule has 0 fully saturated rings. The molecule has 21 heavy (non-hydrogen) atoms. The van der Waals surface area contributed by atoms with E-state index in [1.807, 2.05) is 6.07 Å². The van der Waals surface area contributed by atoms with Gasteiger partial charge in [0.1, 0.15) is 5.82 Å². The van der Waals surface area contributed by atoms with Gasteiger partial charge in [0.2, 0.25) is 0 Å². The second-order valence-corrected chi connectivity index (χ2v) is 5.65. The van der Waals surface area contributed by atoms with E-state index in [0.29, 0.717) is 5.52 Å². The molecule has 0 aliphatic carbocycles. The van der Waals surface area contributed by atoms with Crippen LogP contribution in [0, 0.1) is 5.82 Å². The van der Waals surface area contributed by atoms with Crippen LogP contribution < -0.4 is 0 Å². The zero-order valence-corrected chi connectivity index (χ0v) is 11.8. The molecule has 0 spiro atoms. The monoisotopic (exact) mass is 281 g/mol. The molecule has 1 atom stereocenters. The Labute approximate surface area is 122 Å². The molecule has 0 saturated carbocycles. The van der Waals surface area contributed by atoms with E-state index >= 15 is 0 Å². The Morgan fingerprint density at radius 2 is 1.86 bits per heavy atom. The SMILES string of the molecule is CC(c1[nH]nc2cc(F)ccc12)N1Cc2ccccc2C1. The van der Waals surface area contributed by atoms with E-state index in [-0.39, 0.29) is 11.9 Å². The highest BCUT2D eigenvalue weighted by Crippen LogP contribution is 2.33. The molecular weight excluding hydrogens is 265 g/mol. The normalized spacial score (nSPS) is 16.3. The Kier molecular flexibility index (Phi) is 2.79. The first-order chi connectivity index (χ1) is 10.2. The molecule has 0 radical (unpaired) electrons. The van der Waals surface area contributed by atoms with Crippen LogP contribution in [0.15, 0.2) is 42.5 Å². The molecule has 2 heterocycles. The van der Waals surface area contributed by atoms with Gasteiger partial charge in [-0.05, 0) is 30.2 Å². The Balaban J connectivity index is 1.67. The lowest BCUT2D eigenvalue weighted by Gasteiger charge is -2.22. The minimum absolute atomic E-state index is 0.216. The summed E-state index contributed by atoms with van der Waals surface area (Å²) in [7, 11) is 0. The fourth-order valence-electron chi connectivity index (χ4n) is 3.14. The first kappa shape index (κ1) is 12.5. The molecule has 0 saturated heterocycles. The van der Waals surface area contributed by atoms with Crippen molar-refractivity contribution in [3.05, 3.63) is 65.1 Å². The number of benzene rings is 2. The number of hydrogen-bond donors (Lipinski definition) is 1. The van der Waals surface area contributed by atoms with Gasteiger partial charge < -0.3 is 0 Å². The summed E-state index contributed by atoms with van der Waals surface area (Å²) < 4.78 is 13.3. The van der Waals surface area contributed by atoms with Crippen LogP contribution in [0.1, 0.15) is 29.8 Å². The van der Waals surface area contributed by atoms with E-state index in [0.717, 1.165) is 24.2 Å². The number of aromatic nitrogens is 2. The number of halogens is 1. The van der Waals surface area contributed by atoms with E-state index in [2.05, 4.69) is 46.3 Å². The summed E-state index contributed by atoms with van der Waals surface area (Å²) in [5, 5.41) is 8.32. The molecule has 2 aromatic carbocycles. The highest BCUT2D eigenvalue weighted by Gasteiger charge is 2.25. The lowest BCUT2D eigenvalue weighted by atomic mass is 10.1. The molecular formula is C17H16FN3. The van der Waals surface area contributed by atoms with Crippen molar-refractivity contribution in [3.63, 3.8) is 0 Å². The summed E-state index contributed by atoms with van der Waals surface area (Å²) in [4.78, 5) is 2.40. The number of nitrogens with zero attached hydrogens (tertiary/aromatic N) is 2. The highest BCUT2D eigenvalue weighted by atomic mass is 19.1. The number of hydrogen-bond acceptors (Lipinski definition) is 2. The molecule has 1 aliphatic heterocycles. The largest absolute Gasteiger partial charge is 0.287 e. The van der Waals surface area contributed by atoms with Gasteiger partial charge in [-0.2, -0.15) is 5.10 Å². The fourth-order valence-corrected chi connectivity index (χ4v) is 3.14. The number of aromatic amines is 1. The number of rotatable bonds is 2. The zero-order valence-electron chi connectivity index (χ0n) is 11.8. The van der Waals surface area contributed by atoms with Gasteiger partial charge in [-0.15, -0.1) is 0 Å². The number of H-pyrrole nitrogens is 1. The summed E-state index contributed by atoms with van der Waals surface area (Å²) >= 11 is 0. The second-order valence-electron chi connectivity index (χ2n) is 5.65. The Morgan fingerprint density at radius 3 is 2.57 bits per heavy atom. The predicted octanol–water partition coefficient (Wildman–Crippen LogP) is 3.78. The lowest BCUT2D eigenvalue weighted by Crippen LogP contribution is -2.21. The van der Waals surface area contributed by atoms with Gasteiger partial charge >= 0.3 is 0 Å². The van der Waals surface area contributed by atoms with Gasteiger partial charge in [0, 0.05) is 30.6 Å². The second kappa shape index (κ2) is 4.67.